The maximum Gasteiger partial charge on any atom is 0.338 e. The molecule has 0 aromatic carbocycles. The Morgan fingerprint density at radius 1 is 1.18 bits per heavy atom. The predicted molar refractivity (Wildman–Crippen MR) is 157 cm³/mol. The highest BCUT2D eigenvalue weighted by Crippen LogP contribution is 2.60. The number of carbonyl (C=O) groups is 1. The summed E-state index contributed by atoms with van der Waals surface area (Å²) in [6, 6.07) is 0. The van der Waals surface area contributed by atoms with Crippen molar-refractivity contribution in [1.29, 1.82) is 0 Å². The molecule has 222 valence electrons. The fraction of sp³-hybridized carbons (Fsp3) is 0.676. The maximum absolute atomic E-state index is 12.3. The number of rotatable bonds is 9. The van der Waals surface area contributed by atoms with Crippen LogP contribution in [0.25, 0.3) is 0 Å². The maximum atomic E-state index is 12.3. The Kier molecular flexibility index (Phi) is 9.98. The molecule has 0 unspecified atom stereocenters. The van der Waals surface area contributed by atoms with E-state index in [0.29, 0.717) is 54.3 Å². The van der Waals surface area contributed by atoms with Gasteiger partial charge in [-0.05, 0) is 85.2 Å². The van der Waals surface area contributed by atoms with Crippen LogP contribution in [0.1, 0.15) is 79.1 Å². The van der Waals surface area contributed by atoms with Crippen molar-refractivity contribution in [3.05, 3.63) is 59.3 Å². The number of hydrogen-bond donors (Lipinski definition) is 3. The van der Waals surface area contributed by atoms with Crippen LogP contribution in [-0.2, 0) is 14.3 Å². The van der Waals surface area contributed by atoms with Crippen molar-refractivity contribution < 1.29 is 29.6 Å². The molecule has 3 N–H and O–H groups in total. The van der Waals surface area contributed by atoms with Crippen LogP contribution in [0.3, 0.4) is 0 Å². The molecule has 4 fully saturated rings. The van der Waals surface area contributed by atoms with Crippen molar-refractivity contribution in [2.45, 2.75) is 103 Å². The van der Waals surface area contributed by atoms with E-state index in [1.54, 1.807) is 0 Å². The third-order valence-electron chi connectivity index (χ3n) is 10.0. The molecular weight excluding hydrogens is 504 g/mol. The lowest BCUT2D eigenvalue weighted by molar-refractivity contribution is -0.139. The van der Waals surface area contributed by atoms with Gasteiger partial charge < -0.3 is 24.8 Å². The number of esters is 1. The number of aliphatic hydroxyl groups excluding tert-OH is 3. The Hall–Kier alpha value is -1.99. The van der Waals surface area contributed by atoms with Gasteiger partial charge in [0.1, 0.15) is 18.3 Å². The van der Waals surface area contributed by atoms with Gasteiger partial charge in [-0.3, -0.25) is 0 Å². The van der Waals surface area contributed by atoms with Gasteiger partial charge in [-0.25, -0.2) is 4.79 Å². The Labute approximate surface area is 240 Å². The van der Waals surface area contributed by atoms with E-state index in [9.17, 15) is 15.0 Å². The molecule has 0 bridgehead atoms. The number of allylic oxidation sites excluding steroid dienone is 4. The molecule has 6 nitrogen and oxygen atoms in total. The molecular formula is C34H50O6. The van der Waals surface area contributed by atoms with E-state index >= 15 is 0 Å². The molecule has 0 spiro atoms. The normalized spacial score (nSPS) is 38.5. The molecule has 1 saturated heterocycles. The number of fused-ring (bicyclic) bond motifs is 1. The van der Waals surface area contributed by atoms with Crippen molar-refractivity contribution in [2.24, 2.45) is 29.1 Å². The molecule has 4 rings (SSSR count). The lowest BCUT2D eigenvalue weighted by Gasteiger charge is -2.44. The zero-order chi connectivity index (χ0) is 29.2. The summed E-state index contributed by atoms with van der Waals surface area (Å²) < 4.78 is 11.4. The Morgan fingerprint density at radius 2 is 1.93 bits per heavy atom. The van der Waals surface area contributed by atoms with Crippen LogP contribution in [-0.4, -0.2) is 58.9 Å². The van der Waals surface area contributed by atoms with E-state index in [1.807, 2.05) is 0 Å². The van der Waals surface area contributed by atoms with E-state index < -0.39 is 18.3 Å². The first-order valence-electron chi connectivity index (χ1n) is 15.3. The lowest BCUT2D eigenvalue weighted by Crippen LogP contribution is -2.45. The summed E-state index contributed by atoms with van der Waals surface area (Å²) in [4.78, 5) is 12.3. The Bertz CT molecular complexity index is 1070. The van der Waals surface area contributed by atoms with E-state index in [2.05, 4.69) is 59.1 Å². The Balaban J connectivity index is 1.46. The molecule has 3 aliphatic carbocycles. The molecule has 6 heteroatoms. The highest BCUT2D eigenvalue weighted by atomic mass is 16.6. The molecule has 8 atom stereocenters. The summed E-state index contributed by atoms with van der Waals surface area (Å²) in [6.45, 7) is 17.4. The first kappa shape index (κ1) is 31.0. The average molecular weight is 555 g/mol. The van der Waals surface area contributed by atoms with Crippen LogP contribution in [0, 0.1) is 29.1 Å². The SMILES string of the molecule is C=C1C(=O)O[C@H](C[C@@H](C)[C@H]2CC[C@H]3/C(=C/C=C4/C[C@@H](O)[C@H](OCCCO)[C@H](O)C4=C)CCC[C@]23C)/C1=C/C(C)C. The fourth-order valence-corrected chi connectivity index (χ4v) is 7.97. The first-order chi connectivity index (χ1) is 19.0. The average Bonchev–Trinajstić information content (AvgIpc) is 3.38. The second-order valence-electron chi connectivity index (χ2n) is 13.1. The second kappa shape index (κ2) is 12.9. The molecule has 3 saturated carbocycles. The quantitative estimate of drug-likeness (QED) is 0.195. The summed E-state index contributed by atoms with van der Waals surface area (Å²) in [5.41, 5.74) is 4.61. The van der Waals surface area contributed by atoms with Gasteiger partial charge >= 0.3 is 5.97 Å². The number of cyclic esters (lactones) is 1. The third kappa shape index (κ3) is 6.25. The van der Waals surface area contributed by atoms with E-state index in [4.69, 9.17) is 14.6 Å². The number of carbonyl (C=O) groups excluding carboxylic acids is 1. The summed E-state index contributed by atoms with van der Waals surface area (Å²) in [7, 11) is 0. The molecule has 4 aliphatic rings. The van der Waals surface area contributed by atoms with Gasteiger partial charge in [0.15, 0.2) is 0 Å². The van der Waals surface area contributed by atoms with Gasteiger partial charge in [-0.1, -0.05) is 64.7 Å². The standard InChI is InChI=1S/C34H50O6/c1-20(2)17-26-23(5)33(38)40-30(26)18-21(3)27-12-13-28-24(9-7-14-34(27,28)6)10-11-25-19-29(36)32(31(37)22(25)4)39-16-8-15-35/h10-11,17,20-21,27-32,35-37H,4-5,7-9,12-16,18-19H2,1-3,6H3/b24-10+,25-11-,26-17+/t21-,27-,28+,29-,30-,31-,32+,34-/m1/s1. The minimum absolute atomic E-state index is 0.0122. The number of hydrogen-bond acceptors (Lipinski definition) is 6. The van der Waals surface area contributed by atoms with Crippen molar-refractivity contribution in [3.8, 4) is 0 Å². The predicted octanol–water partition coefficient (Wildman–Crippen LogP) is 5.60. The van der Waals surface area contributed by atoms with E-state index in [1.165, 1.54) is 12.0 Å². The topological polar surface area (TPSA) is 96.2 Å². The molecule has 0 aromatic heterocycles. The van der Waals surface area contributed by atoms with Crippen molar-refractivity contribution in [2.75, 3.05) is 13.2 Å². The number of aliphatic hydroxyl groups is 3. The fourth-order valence-electron chi connectivity index (χ4n) is 7.97. The van der Waals surface area contributed by atoms with E-state index in [-0.39, 0.29) is 24.1 Å². The van der Waals surface area contributed by atoms with E-state index in [0.717, 1.165) is 43.3 Å². The highest BCUT2D eigenvalue weighted by molar-refractivity contribution is 5.96. The van der Waals surface area contributed by atoms with Crippen LogP contribution in [0.5, 0.6) is 0 Å². The van der Waals surface area contributed by atoms with Gasteiger partial charge in [0.25, 0.3) is 0 Å². The molecule has 1 aliphatic heterocycles. The van der Waals surface area contributed by atoms with Crippen LogP contribution < -0.4 is 0 Å². The smallest absolute Gasteiger partial charge is 0.338 e. The van der Waals surface area contributed by atoms with Crippen LogP contribution in [0.4, 0.5) is 0 Å². The van der Waals surface area contributed by atoms with Crippen LogP contribution in [0.15, 0.2) is 59.3 Å². The summed E-state index contributed by atoms with van der Waals surface area (Å²) >= 11 is 0. The minimum Gasteiger partial charge on any atom is -0.454 e. The van der Waals surface area contributed by atoms with Gasteiger partial charge in [0.05, 0.1) is 11.7 Å². The zero-order valence-electron chi connectivity index (χ0n) is 24.9. The van der Waals surface area contributed by atoms with Gasteiger partial charge in [-0.15, -0.1) is 0 Å². The summed E-state index contributed by atoms with van der Waals surface area (Å²) in [6.07, 6.45) is 11.1. The van der Waals surface area contributed by atoms with Gasteiger partial charge in [0.2, 0.25) is 0 Å². The molecule has 0 aromatic rings. The summed E-state index contributed by atoms with van der Waals surface area (Å²) in [5.74, 6) is 1.52. The molecule has 1 heterocycles. The van der Waals surface area contributed by atoms with Crippen molar-refractivity contribution in [1.82, 2.24) is 0 Å². The second-order valence-corrected chi connectivity index (χ2v) is 13.1. The van der Waals surface area contributed by atoms with Crippen LogP contribution >= 0.6 is 0 Å². The number of ether oxygens (including phenoxy) is 2. The van der Waals surface area contributed by atoms with Crippen molar-refractivity contribution >= 4 is 5.97 Å². The largest absolute Gasteiger partial charge is 0.454 e. The summed E-state index contributed by atoms with van der Waals surface area (Å²) in [5, 5.41) is 30.5. The monoisotopic (exact) mass is 554 g/mol. The Morgan fingerprint density at radius 3 is 2.62 bits per heavy atom. The van der Waals surface area contributed by atoms with Gasteiger partial charge in [0, 0.05) is 25.2 Å². The first-order valence-corrected chi connectivity index (χ1v) is 15.3. The lowest BCUT2D eigenvalue weighted by atomic mass is 9.60. The molecule has 40 heavy (non-hydrogen) atoms. The molecule has 0 radical (unpaired) electrons. The minimum atomic E-state index is -0.962. The van der Waals surface area contributed by atoms with Crippen LogP contribution in [0.2, 0.25) is 0 Å². The zero-order valence-corrected chi connectivity index (χ0v) is 24.9. The van der Waals surface area contributed by atoms with Gasteiger partial charge in [-0.2, -0.15) is 0 Å². The highest BCUT2D eigenvalue weighted by Gasteiger charge is 2.51. The van der Waals surface area contributed by atoms with Crippen molar-refractivity contribution in [3.63, 3.8) is 0 Å². The molecule has 0 amide bonds. The third-order valence-corrected chi connectivity index (χ3v) is 10.0.